The van der Waals surface area contributed by atoms with E-state index in [9.17, 15) is 23.2 Å². The SMILES string of the molecule is C=C(C)C(=O)c1ccc(Nc2nc(Nc3ccccc3)ncc2F)cc1.C=CC(=O)Nc1cccc(Nc2nc(Nc3cccc(OCCCNC(=O)OC(C)(C)C)c3)ncc2F)c1. The zero-order valence-electron chi connectivity index (χ0n) is 35.7. The van der Waals surface area contributed by atoms with Crippen molar-refractivity contribution in [2.75, 3.05) is 39.7 Å². The Morgan fingerprint density at radius 2 is 1.25 bits per heavy atom. The average Bonchev–Trinajstić information content (AvgIpc) is 3.26. The Morgan fingerprint density at radius 3 is 1.86 bits per heavy atom. The highest BCUT2D eigenvalue weighted by molar-refractivity contribution is 6.08. The number of allylic oxidation sites excluding steroid dienone is 1. The van der Waals surface area contributed by atoms with Crippen molar-refractivity contribution in [1.29, 1.82) is 0 Å². The van der Waals surface area contributed by atoms with Crippen LogP contribution in [0.2, 0.25) is 0 Å². The molecule has 0 saturated heterocycles. The van der Waals surface area contributed by atoms with E-state index in [-0.39, 0.29) is 35.2 Å². The van der Waals surface area contributed by atoms with Gasteiger partial charge in [-0.05, 0) is 112 Å². The summed E-state index contributed by atoms with van der Waals surface area (Å²) in [5.74, 6) is -0.662. The van der Waals surface area contributed by atoms with Crippen molar-refractivity contribution in [2.45, 2.75) is 39.7 Å². The summed E-state index contributed by atoms with van der Waals surface area (Å²) in [6, 6.07) is 29.9. The number of para-hydroxylation sites is 1. The fourth-order valence-corrected chi connectivity index (χ4v) is 5.33. The lowest BCUT2D eigenvalue weighted by Crippen LogP contribution is -2.33. The van der Waals surface area contributed by atoms with E-state index < -0.39 is 23.3 Å². The van der Waals surface area contributed by atoms with Crippen molar-refractivity contribution >= 4 is 69.8 Å². The number of hydrogen-bond acceptors (Lipinski definition) is 13. The Labute approximate surface area is 369 Å². The number of rotatable bonds is 17. The number of anilines is 9. The standard InChI is InChI=1S/C27H31FN6O4.C20H17FN4O/c1-5-23(35)31-18-9-6-10-19(15-18)32-24-22(28)17-30-25(34-24)33-20-11-7-12-21(16-20)37-14-8-13-29-26(36)38-27(2,3)4;1-13(2)18(26)14-8-10-16(11-9-14)23-19-17(21)12-22-20(25-19)24-15-6-4-3-5-7-15/h5-7,9-12,15-17H,1,8,13-14H2,2-4H3,(H,29,36)(H,31,35)(H2,30,32,33,34);3-12H,1H2,2H3,(H2,22,23,24,25). The summed E-state index contributed by atoms with van der Waals surface area (Å²) < 4.78 is 39.4. The lowest BCUT2D eigenvalue weighted by Gasteiger charge is -2.19. The molecule has 2 heterocycles. The second-order valence-corrected chi connectivity index (χ2v) is 14.8. The first-order valence-electron chi connectivity index (χ1n) is 19.9. The van der Waals surface area contributed by atoms with Gasteiger partial charge in [0.25, 0.3) is 0 Å². The van der Waals surface area contributed by atoms with E-state index in [0.29, 0.717) is 59.2 Å². The largest absolute Gasteiger partial charge is 0.493 e. The van der Waals surface area contributed by atoms with Crippen LogP contribution >= 0.6 is 0 Å². The van der Waals surface area contributed by atoms with E-state index in [4.69, 9.17) is 9.47 Å². The van der Waals surface area contributed by atoms with E-state index in [1.165, 1.54) is 0 Å². The molecule has 0 saturated carbocycles. The summed E-state index contributed by atoms with van der Waals surface area (Å²) in [4.78, 5) is 51.4. The molecule has 6 N–H and O–H groups in total. The molecule has 4 aromatic carbocycles. The van der Waals surface area contributed by atoms with Gasteiger partial charge in [-0.15, -0.1) is 0 Å². The van der Waals surface area contributed by atoms with Crippen LogP contribution in [0.5, 0.6) is 5.75 Å². The first-order valence-corrected chi connectivity index (χ1v) is 19.9. The summed E-state index contributed by atoms with van der Waals surface area (Å²) in [6.45, 7) is 14.9. The zero-order valence-corrected chi connectivity index (χ0v) is 35.7. The number of Topliss-reactive ketones (excluding diaryl/α,β-unsaturated/α-hetero) is 1. The Kier molecular flexibility index (Phi) is 16.5. The number of aromatic nitrogens is 4. The van der Waals surface area contributed by atoms with Crippen LogP contribution in [0.15, 0.2) is 140 Å². The summed E-state index contributed by atoms with van der Waals surface area (Å²) in [7, 11) is 0. The number of halogens is 2. The Hall–Kier alpha value is -8.21. The summed E-state index contributed by atoms with van der Waals surface area (Å²) in [5, 5.41) is 17.2. The maximum atomic E-state index is 14.4. The number of amides is 2. The van der Waals surface area contributed by atoms with E-state index >= 15 is 0 Å². The van der Waals surface area contributed by atoms with Gasteiger partial charge in [-0.2, -0.15) is 9.97 Å². The minimum Gasteiger partial charge on any atom is -0.493 e. The van der Waals surface area contributed by atoms with Crippen molar-refractivity contribution in [2.24, 2.45) is 0 Å². The molecule has 17 heteroatoms. The molecular formula is C47H48F2N10O5. The van der Waals surface area contributed by atoms with Gasteiger partial charge in [0.15, 0.2) is 29.1 Å². The van der Waals surface area contributed by atoms with Crippen LogP contribution in [0, 0.1) is 11.6 Å². The third-order valence-electron chi connectivity index (χ3n) is 8.24. The molecule has 64 heavy (non-hydrogen) atoms. The molecule has 0 aliphatic carbocycles. The number of carbonyl (C=O) groups excluding carboxylic acids is 3. The van der Waals surface area contributed by atoms with Gasteiger partial charge < -0.3 is 41.4 Å². The highest BCUT2D eigenvalue weighted by Crippen LogP contribution is 2.25. The molecule has 6 rings (SSSR count). The van der Waals surface area contributed by atoms with Crippen molar-refractivity contribution in [3.05, 3.63) is 158 Å². The van der Waals surface area contributed by atoms with Gasteiger partial charge in [0.05, 0.1) is 19.0 Å². The lowest BCUT2D eigenvalue weighted by molar-refractivity contribution is -0.111. The molecule has 0 atom stereocenters. The molecule has 2 amide bonds. The van der Waals surface area contributed by atoms with Gasteiger partial charge in [0.2, 0.25) is 17.8 Å². The van der Waals surface area contributed by atoms with Gasteiger partial charge in [0, 0.05) is 46.6 Å². The first-order chi connectivity index (χ1) is 30.6. The number of ketones is 1. The lowest BCUT2D eigenvalue weighted by atomic mass is 10.1. The van der Waals surface area contributed by atoms with E-state index in [0.717, 1.165) is 24.2 Å². The number of carbonyl (C=O) groups is 3. The quantitative estimate of drug-likeness (QED) is 0.0288. The van der Waals surface area contributed by atoms with Crippen molar-refractivity contribution in [3.63, 3.8) is 0 Å². The molecule has 0 fully saturated rings. The van der Waals surface area contributed by atoms with Gasteiger partial charge in [-0.3, -0.25) is 9.59 Å². The maximum absolute atomic E-state index is 14.4. The molecule has 330 valence electrons. The minimum absolute atomic E-state index is 0.0393. The molecule has 0 unspecified atom stereocenters. The van der Waals surface area contributed by atoms with Crippen LogP contribution in [-0.4, -0.2) is 56.5 Å². The van der Waals surface area contributed by atoms with Crippen LogP contribution in [0.3, 0.4) is 0 Å². The fourth-order valence-electron chi connectivity index (χ4n) is 5.33. The van der Waals surface area contributed by atoms with Crippen LogP contribution in [0.25, 0.3) is 0 Å². The second-order valence-electron chi connectivity index (χ2n) is 14.8. The summed E-state index contributed by atoms with van der Waals surface area (Å²) in [6.07, 6.45) is 3.43. The number of nitrogens with zero attached hydrogens (tertiary/aromatic N) is 4. The molecule has 0 aliphatic rings. The average molecular weight is 871 g/mol. The van der Waals surface area contributed by atoms with Crippen molar-refractivity contribution < 1.29 is 32.6 Å². The molecule has 0 spiro atoms. The molecular weight excluding hydrogens is 823 g/mol. The normalized spacial score (nSPS) is 10.5. The third-order valence-corrected chi connectivity index (χ3v) is 8.24. The second kappa shape index (κ2) is 22.6. The molecule has 6 aromatic rings. The predicted octanol–water partition coefficient (Wildman–Crippen LogP) is 10.4. The summed E-state index contributed by atoms with van der Waals surface area (Å²) in [5.41, 5.74) is 3.52. The van der Waals surface area contributed by atoms with Crippen LogP contribution in [-0.2, 0) is 9.53 Å². The Bertz CT molecular complexity index is 2570. The molecule has 0 bridgehead atoms. The molecule has 0 aliphatic heterocycles. The smallest absolute Gasteiger partial charge is 0.407 e. The number of benzene rings is 4. The van der Waals surface area contributed by atoms with Crippen LogP contribution < -0.4 is 36.6 Å². The maximum Gasteiger partial charge on any atom is 0.407 e. The number of alkyl carbamates (subject to hydrolysis) is 1. The Morgan fingerprint density at radius 1 is 0.703 bits per heavy atom. The zero-order chi connectivity index (χ0) is 46.1. The molecule has 2 aromatic heterocycles. The highest BCUT2D eigenvalue weighted by atomic mass is 19.1. The number of ether oxygens (including phenoxy) is 2. The van der Waals surface area contributed by atoms with E-state index in [2.05, 4.69) is 65.0 Å². The van der Waals surface area contributed by atoms with Crippen LogP contribution in [0.4, 0.5) is 65.5 Å². The Balaban J connectivity index is 0.000000258. The predicted molar refractivity (Wildman–Crippen MR) is 245 cm³/mol. The number of nitrogens with one attached hydrogen (secondary N) is 6. The number of hydrogen-bond donors (Lipinski definition) is 6. The van der Waals surface area contributed by atoms with E-state index in [1.807, 2.05) is 30.3 Å². The van der Waals surface area contributed by atoms with Gasteiger partial charge >= 0.3 is 6.09 Å². The van der Waals surface area contributed by atoms with Gasteiger partial charge in [-0.25, -0.2) is 23.5 Å². The first kappa shape index (κ1) is 46.8. The monoisotopic (exact) mass is 870 g/mol. The van der Waals surface area contributed by atoms with E-state index in [1.54, 1.807) is 100 Å². The highest BCUT2D eigenvalue weighted by Gasteiger charge is 2.16. The van der Waals surface area contributed by atoms with Crippen molar-refractivity contribution in [1.82, 2.24) is 25.3 Å². The molecule has 0 radical (unpaired) electrons. The minimum atomic E-state index is -0.645. The van der Waals surface area contributed by atoms with Crippen molar-refractivity contribution in [3.8, 4) is 5.75 Å². The van der Waals surface area contributed by atoms with Gasteiger partial charge in [-0.1, -0.05) is 43.5 Å². The molecule has 15 nitrogen and oxygen atoms in total. The fraction of sp³-hybridized carbons (Fsp3) is 0.170. The summed E-state index contributed by atoms with van der Waals surface area (Å²) >= 11 is 0. The third kappa shape index (κ3) is 15.4. The van der Waals surface area contributed by atoms with Gasteiger partial charge in [0.1, 0.15) is 11.4 Å². The topological polar surface area (TPSA) is 193 Å². The van der Waals surface area contributed by atoms with Crippen LogP contribution in [0.1, 0.15) is 44.5 Å².